The van der Waals surface area contributed by atoms with E-state index in [0.717, 1.165) is 6.20 Å². The number of halogens is 3. The minimum atomic E-state index is -2.87. The molecule has 1 heterocycles. The molecule has 0 aliphatic rings. The second-order valence-corrected chi connectivity index (χ2v) is 3.07. The Balaban J connectivity index is 3.54. The number of aromatic nitrogens is 1. The molecule has 6 heteroatoms. The topological polar surface area (TPSA) is 53.8 Å². The SMILES string of the molecule is N#Cc1cnc(Br)c(C=O)c1C(F)F. The lowest BCUT2D eigenvalue weighted by atomic mass is 10.1. The quantitative estimate of drug-likeness (QED) is 0.607. The monoisotopic (exact) mass is 260 g/mol. The number of aldehydes is 1. The summed E-state index contributed by atoms with van der Waals surface area (Å²) >= 11 is 2.85. The van der Waals surface area contributed by atoms with Crippen LogP contribution in [0, 0.1) is 11.3 Å². The van der Waals surface area contributed by atoms with Crippen molar-refractivity contribution in [3.8, 4) is 6.07 Å². The van der Waals surface area contributed by atoms with Crippen LogP contribution in [0.1, 0.15) is 27.9 Å². The van der Waals surface area contributed by atoms with Gasteiger partial charge in [0.2, 0.25) is 0 Å². The third kappa shape index (κ3) is 1.77. The maximum absolute atomic E-state index is 12.5. The van der Waals surface area contributed by atoms with Crippen LogP contribution in [0.3, 0.4) is 0 Å². The molecule has 72 valence electrons. The fourth-order valence-electron chi connectivity index (χ4n) is 0.953. The van der Waals surface area contributed by atoms with Gasteiger partial charge in [0.1, 0.15) is 10.7 Å². The average Bonchev–Trinajstić information content (AvgIpc) is 2.17. The van der Waals surface area contributed by atoms with Crippen LogP contribution in [0.5, 0.6) is 0 Å². The van der Waals surface area contributed by atoms with Gasteiger partial charge in [-0.2, -0.15) is 5.26 Å². The zero-order valence-electron chi connectivity index (χ0n) is 6.67. The molecule has 0 spiro atoms. The number of hydrogen-bond donors (Lipinski definition) is 0. The Morgan fingerprint density at radius 3 is 2.71 bits per heavy atom. The van der Waals surface area contributed by atoms with E-state index in [2.05, 4.69) is 20.9 Å². The lowest BCUT2D eigenvalue weighted by molar-refractivity contribution is 0.110. The van der Waals surface area contributed by atoms with Crippen molar-refractivity contribution in [3.63, 3.8) is 0 Å². The number of rotatable bonds is 2. The standard InChI is InChI=1S/C8H3BrF2N2O/c9-7-5(3-14)6(8(10)11)4(1-12)2-13-7/h2-3,8H. The normalized spacial score (nSPS) is 9.93. The number of nitrogens with zero attached hydrogens (tertiary/aromatic N) is 2. The van der Waals surface area contributed by atoms with Crippen LogP contribution >= 0.6 is 15.9 Å². The van der Waals surface area contributed by atoms with Crippen molar-refractivity contribution < 1.29 is 13.6 Å². The predicted octanol–water partition coefficient (Wildman–Crippen LogP) is 2.47. The third-order valence-corrected chi connectivity index (χ3v) is 2.20. The van der Waals surface area contributed by atoms with Gasteiger partial charge >= 0.3 is 0 Å². The van der Waals surface area contributed by atoms with Crippen LogP contribution in [0.2, 0.25) is 0 Å². The van der Waals surface area contributed by atoms with E-state index in [0.29, 0.717) is 0 Å². The molecule has 1 aromatic rings. The van der Waals surface area contributed by atoms with E-state index in [9.17, 15) is 13.6 Å². The Labute approximate surface area is 86.5 Å². The molecular weight excluding hydrogens is 258 g/mol. The molecule has 0 fully saturated rings. The summed E-state index contributed by atoms with van der Waals surface area (Å²) in [5.41, 5.74) is -1.14. The number of nitriles is 1. The lowest BCUT2D eigenvalue weighted by Crippen LogP contribution is -2.00. The molecule has 0 amide bonds. The molecule has 0 aliphatic heterocycles. The number of carbonyl (C=O) groups excluding carboxylic acids is 1. The van der Waals surface area contributed by atoms with Crippen LogP contribution < -0.4 is 0 Å². The smallest absolute Gasteiger partial charge is 0.265 e. The molecule has 14 heavy (non-hydrogen) atoms. The van der Waals surface area contributed by atoms with E-state index in [-0.39, 0.29) is 22.0 Å². The highest BCUT2D eigenvalue weighted by molar-refractivity contribution is 9.10. The molecule has 0 aromatic carbocycles. The summed E-state index contributed by atoms with van der Waals surface area (Å²) in [5.74, 6) is 0. The Bertz CT molecular complexity index is 415. The fourth-order valence-corrected chi connectivity index (χ4v) is 1.36. The molecule has 3 nitrogen and oxygen atoms in total. The van der Waals surface area contributed by atoms with Crippen molar-refractivity contribution in [2.24, 2.45) is 0 Å². The zero-order chi connectivity index (χ0) is 10.7. The van der Waals surface area contributed by atoms with Gasteiger partial charge in [-0.3, -0.25) is 4.79 Å². The zero-order valence-corrected chi connectivity index (χ0v) is 8.25. The van der Waals surface area contributed by atoms with E-state index < -0.39 is 12.0 Å². The largest absolute Gasteiger partial charge is 0.298 e. The van der Waals surface area contributed by atoms with Gasteiger partial charge in [0.05, 0.1) is 16.7 Å². The summed E-state index contributed by atoms with van der Waals surface area (Å²) in [4.78, 5) is 14.1. The van der Waals surface area contributed by atoms with Crippen LogP contribution in [0.15, 0.2) is 10.8 Å². The summed E-state index contributed by atoms with van der Waals surface area (Å²) < 4.78 is 25.0. The summed E-state index contributed by atoms with van der Waals surface area (Å²) in [6.07, 6.45) is -1.62. The number of pyridine rings is 1. The molecule has 0 unspecified atom stereocenters. The van der Waals surface area contributed by atoms with Crippen LogP contribution in [-0.2, 0) is 0 Å². The van der Waals surface area contributed by atoms with Gasteiger partial charge in [-0.1, -0.05) is 0 Å². The molecule has 0 aliphatic carbocycles. The van der Waals surface area contributed by atoms with E-state index in [1.54, 1.807) is 6.07 Å². The second-order valence-electron chi connectivity index (χ2n) is 2.32. The minimum Gasteiger partial charge on any atom is -0.298 e. The first kappa shape index (κ1) is 10.7. The Morgan fingerprint density at radius 2 is 2.29 bits per heavy atom. The Kier molecular flexibility index (Phi) is 3.25. The number of hydrogen-bond acceptors (Lipinski definition) is 3. The average molecular weight is 261 g/mol. The van der Waals surface area contributed by atoms with Crippen LogP contribution in [0.25, 0.3) is 0 Å². The van der Waals surface area contributed by atoms with Crippen LogP contribution in [-0.4, -0.2) is 11.3 Å². The van der Waals surface area contributed by atoms with Gasteiger partial charge in [-0.25, -0.2) is 13.8 Å². The van der Waals surface area contributed by atoms with E-state index in [1.165, 1.54) is 0 Å². The van der Waals surface area contributed by atoms with Gasteiger partial charge in [-0.15, -0.1) is 0 Å². The molecule has 0 saturated heterocycles. The molecule has 0 bridgehead atoms. The summed E-state index contributed by atoms with van der Waals surface area (Å²) in [5, 5.41) is 8.52. The van der Waals surface area contributed by atoms with Gasteiger partial charge in [-0.05, 0) is 15.9 Å². The summed E-state index contributed by atoms with van der Waals surface area (Å²) in [6, 6.07) is 1.56. The molecular formula is C8H3BrF2N2O. The maximum Gasteiger partial charge on any atom is 0.265 e. The number of alkyl halides is 2. The summed E-state index contributed by atoms with van der Waals surface area (Å²) in [6.45, 7) is 0. The second kappa shape index (κ2) is 4.24. The van der Waals surface area contributed by atoms with Crippen molar-refractivity contribution in [1.29, 1.82) is 5.26 Å². The van der Waals surface area contributed by atoms with Crippen molar-refractivity contribution in [1.82, 2.24) is 4.98 Å². The molecule has 0 saturated carbocycles. The first-order valence-electron chi connectivity index (χ1n) is 3.43. The van der Waals surface area contributed by atoms with Gasteiger partial charge < -0.3 is 0 Å². The molecule has 0 N–H and O–H groups in total. The van der Waals surface area contributed by atoms with Crippen molar-refractivity contribution in [3.05, 3.63) is 27.5 Å². The predicted molar refractivity (Wildman–Crippen MR) is 47.0 cm³/mol. The molecule has 1 rings (SSSR count). The van der Waals surface area contributed by atoms with E-state index in [4.69, 9.17) is 5.26 Å². The molecule has 0 radical (unpaired) electrons. The highest BCUT2D eigenvalue weighted by atomic mass is 79.9. The van der Waals surface area contributed by atoms with Crippen molar-refractivity contribution in [2.45, 2.75) is 6.43 Å². The van der Waals surface area contributed by atoms with Crippen molar-refractivity contribution >= 4 is 22.2 Å². The molecule has 1 aromatic heterocycles. The maximum atomic E-state index is 12.5. The Morgan fingerprint density at radius 1 is 1.64 bits per heavy atom. The van der Waals surface area contributed by atoms with Gasteiger partial charge in [0.15, 0.2) is 6.29 Å². The van der Waals surface area contributed by atoms with Gasteiger partial charge in [0.25, 0.3) is 6.43 Å². The van der Waals surface area contributed by atoms with Crippen LogP contribution in [0.4, 0.5) is 8.78 Å². The van der Waals surface area contributed by atoms with E-state index >= 15 is 0 Å². The third-order valence-electron chi connectivity index (χ3n) is 1.57. The number of carbonyl (C=O) groups is 1. The first-order valence-corrected chi connectivity index (χ1v) is 4.23. The summed E-state index contributed by atoms with van der Waals surface area (Å²) in [7, 11) is 0. The molecule has 0 atom stereocenters. The van der Waals surface area contributed by atoms with Crippen molar-refractivity contribution in [2.75, 3.05) is 0 Å². The Hall–Kier alpha value is -1.35. The highest BCUT2D eigenvalue weighted by Crippen LogP contribution is 2.28. The minimum absolute atomic E-state index is 0.0156. The highest BCUT2D eigenvalue weighted by Gasteiger charge is 2.20. The van der Waals surface area contributed by atoms with Gasteiger partial charge in [0, 0.05) is 6.20 Å². The first-order chi connectivity index (χ1) is 6.61. The lowest BCUT2D eigenvalue weighted by Gasteiger charge is -2.06. The fraction of sp³-hybridized carbons (Fsp3) is 0.125. The van der Waals surface area contributed by atoms with E-state index in [1.807, 2.05) is 0 Å².